The summed E-state index contributed by atoms with van der Waals surface area (Å²) in [5, 5.41) is 3.67. The third-order valence-corrected chi connectivity index (χ3v) is 8.67. The van der Waals surface area contributed by atoms with Crippen LogP contribution in [-0.4, -0.2) is 43.3 Å². The maximum absolute atomic E-state index is 14.1. The summed E-state index contributed by atoms with van der Waals surface area (Å²) in [4.78, 5) is 28.8. The fourth-order valence-corrected chi connectivity index (χ4v) is 6.17. The molecule has 0 aliphatic rings. The minimum Gasteiger partial charge on any atom is -0.350 e. The fraction of sp³-hybridized carbons (Fsp3) is 0.310. The molecule has 3 aromatic carbocycles. The lowest BCUT2D eigenvalue weighted by atomic mass is 10.1. The van der Waals surface area contributed by atoms with Gasteiger partial charge in [0.15, 0.2) is 0 Å². The van der Waals surface area contributed by atoms with Gasteiger partial charge >= 0.3 is 0 Å². The van der Waals surface area contributed by atoms with Crippen molar-refractivity contribution >= 4 is 62.3 Å². The zero-order valence-corrected chi connectivity index (χ0v) is 25.8. The van der Waals surface area contributed by atoms with E-state index in [1.807, 2.05) is 20.8 Å². The van der Waals surface area contributed by atoms with E-state index >= 15 is 0 Å². The number of hydrogen-bond donors (Lipinski definition) is 1. The number of sulfonamides is 1. The standard InChI is InChI=1S/C29H32Cl3N3O4S/c1-5-25(28(37)33-29(2,3)4)34(18-20-11-9-10-14-23(20)31)27(36)19-35(26-17-21(30)15-16-24(26)32)40(38,39)22-12-7-6-8-13-22/h6-17,25H,5,18-19H2,1-4H3,(H,33,37). The number of carbonyl (C=O) groups is 2. The number of nitrogens with one attached hydrogen (secondary N) is 1. The second-order valence-electron chi connectivity index (χ2n) is 10.2. The molecule has 0 spiro atoms. The van der Waals surface area contributed by atoms with Crippen molar-refractivity contribution in [2.45, 2.75) is 57.1 Å². The molecular weight excluding hydrogens is 593 g/mol. The van der Waals surface area contributed by atoms with Crippen molar-refractivity contribution in [1.29, 1.82) is 0 Å². The maximum Gasteiger partial charge on any atom is 0.264 e. The minimum absolute atomic E-state index is 0.0168. The highest BCUT2D eigenvalue weighted by atomic mass is 35.5. The van der Waals surface area contributed by atoms with Crippen molar-refractivity contribution in [3.63, 3.8) is 0 Å². The molecule has 3 aromatic rings. The Labute approximate surface area is 251 Å². The molecule has 2 amide bonds. The van der Waals surface area contributed by atoms with Gasteiger partial charge in [0.1, 0.15) is 12.6 Å². The number of benzene rings is 3. The summed E-state index contributed by atoms with van der Waals surface area (Å²) in [6.07, 6.45) is 0.279. The minimum atomic E-state index is -4.27. The molecule has 0 saturated heterocycles. The van der Waals surface area contributed by atoms with E-state index in [0.29, 0.717) is 10.6 Å². The second-order valence-corrected chi connectivity index (χ2v) is 13.3. The van der Waals surface area contributed by atoms with Crippen LogP contribution in [0.5, 0.6) is 0 Å². The lowest BCUT2D eigenvalue weighted by molar-refractivity contribution is -0.141. The number of carbonyl (C=O) groups excluding carboxylic acids is 2. The lowest BCUT2D eigenvalue weighted by Crippen LogP contribution is -2.55. The van der Waals surface area contributed by atoms with Crippen LogP contribution in [0.1, 0.15) is 39.7 Å². The van der Waals surface area contributed by atoms with E-state index in [2.05, 4.69) is 5.32 Å². The Bertz CT molecular complexity index is 1460. The molecule has 1 atom stereocenters. The highest BCUT2D eigenvalue weighted by Gasteiger charge is 2.35. The van der Waals surface area contributed by atoms with Crippen molar-refractivity contribution in [3.8, 4) is 0 Å². The molecule has 0 heterocycles. The summed E-state index contributed by atoms with van der Waals surface area (Å²) in [7, 11) is -4.27. The third kappa shape index (κ3) is 7.91. The molecule has 0 aliphatic heterocycles. The maximum atomic E-state index is 14.1. The molecule has 0 fully saturated rings. The van der Waals surface area contributed by atoms with Crippen LogP contribution in [0.2, 0.25) is 15.1 Å². The van der Waals surface area contributed by atoms with E-state index in [-0.39, 0.29) is 39.5 Å². The largest absolute Gasteiger partial charge is 0.350 e. The van der Waals surface area contributed by atoms with Crippen LogP contribution < -0.4 is 9.62 Å². The number of amides is 2. The number of nitrogens with zero attached hydrogens (tertiary/aromatic N) is 2. The van der Waals surface area contributed by atoms with Crippen molar-refractivity contribution < 1.29 is 18.0 Å². The van der Waals surface area contributed by atoms with E-state index in [1.54, 1.807) is 49.4 Å². The number of anilines is 1. The van der Waals surface area contributed by atoms with Gasteiger partial charge in [0.2, 0.25) is 11.8 Å². The molecule has 1 N–H and O–H groups in total. The van der Waals surface area contributed by atoms with Gasteiger partial charge in [0.05, 0.1) is 15.6 Å². The number of rotatable bonds is 10. The quantitative estimate of drug-likeness (QED) is 0.277. The van der Waals surface area contributed by atoms with Crippen molar-refractivity contribution in [3.05, 3.63) is 93.4 Å². The first kappa shape index (κ1) is 31.7. The average Bonchev–Trinajstić information content (AvgIpc) is 2.89. The summed E-state index contributed by atoms with van der Waals surface area (Å²) < 4.78 is 28.7. The molecule has 0 aliphatic carbocycles. The molecule has 1 unspecified atom stereocenters. The van der Waals surface area contributed by atoms with Gasteiger partial charge in [-0.05, 0) is 69.2 Å². The smallest absolute Gasteiger partial charge is 0.264 e. The first-order valence-corrected chi connectivity index (χ1v) is 15.2. The molecule has 0 bridgehead atoms. The molecular formula is C29H32Cl3N3O4S. The topological polar surface area (TPSA) is 86.8 Å². The van der Waals surface area contributed by atoms with E-state index in [9.17, 15) is 18.0 Å². The van der Waals surface area contributed by atoms with Gasteiger partial charge < -0.3 is 10.2 Å². The van der Waals surface area contributed by atoms with Crippen LogP contribution in [0.3, 0.4) is 0 Å². The highest BCUT2D eigenvalue weighted by molar-refractivity contribution is 7.92. The van der Waals surface area contributed by atoms with Crippen molar-refractivity contribution in [2.75, 3.05) is 10.8 Å². The Kier molecular flexibility index (Phi) is 10.5. The summed E-state index contributed by atoms with van der Waals surface area (Å²) in [5.41, 5.74) is 0.0923. The number of hydrogen-bond acceptors (Lipinski definition) is 4. The predicted octanol–water partition coefficient (Wildman–Crippen LogP) is 6.56. The summed E-state index contributed by atoms with van der Waals surface area (Å²) in [6.45, 7) is 6.65. The van der Waals surface area contributed by atoms with Gasteiger partial charge in [0.25, 0.3) is 10.0 Å². The Balaban J connectivity index is 2.12. The van der Waals surface area contributed by atoms with Gasteiger partial charge in [-0.15, -0.1) is 0 Å². The molecule has 7 nitrogen and oxygen atoms in total. The predicted molar refractivity (Wildman–Crippen MR) is 161 cm³/mol. The van der Waals surface area contributed by atoms with Gasteiger partial charge in [-0.3, -0.25) is 13.9 Å². The zero-order valence-electron chi connectivity index (χ0n) is 22.7. The van der Waals surface area contributed by atoms with E-state index in [1.165, 1.54) is 35.2 Å². The molecule has 0 aromatic heterocycles. The van der Waals surface area contributed by atoms with Gasteiger partial charge in [0, 0.05) is 22.1 Å². The SMILES string of the molecule is CCC(C(=O)NC(C)(C)C)N(Cc1ccccc1Cl)C(=O)CN(c1cc(Cl)ccc1Cl)S(=O)(=O)c1ccccc1. The van der Waals surface area contributed by atoms with Crippen LogP contribution in [0.15, 0.2) is 77.7 Å². The second kappa shape index (κ2) is 13.3. The van der Waals surface area contributed by atoms with Crippen LogP contribution in [-0.2, 0) is 26.2 Å². The van der Waals surface area contributed by atoms with Crippen molar-refractivity contribution in [1.82, 2.24) is 10.2 Å². The molecule has 214 valence electrons. The van der Waals surface area contributed by atoms with Gasteiger partial charge in [-0.1, -0.05) is 78.1 Å². The fourth-order valence-electron chi connectivity index (χ4n) is 4.09. The molecule has 40 heavy (non-hydrogen) atoms. The van der Waals surface area contributed by atoms with Crippen molar-refractivity contribution in [2.24, 2.45) is 0 Å². The van der Waals surface area contributed by atoms with Crippen LogP contribution in [0.4, 0.5) is 5.69 Å². The molecule has 11 heteroatoms. The Morgan fingerprint density at radius 1 is 0.900 bits per heavy atom. The van der Waals surface area contributed by atoms with Crippen LogP contribution in [0.25, 0.3) is 0 Å². The van der Waals surface area contributed by atoms with Gasteiger partial charge in [-0.25, -0.2) is 8.42 Å². The summed E-state index contributed by atoms with van der Waals surface area (Å²) in [5.74, 6) is -0.986. The van der Waals surface area contributed by atoms with E-state index in [0.717, 1.165) is 4.31 Å². The Morgan fingerprint density at radius 2 is 1.52 bits per heavy atom. The van der Waals surface area contributed by atoms with E-state index in [4.69, 9.17) is 34.8 Å². The van der Waals surface area contributed by atoms with Gasteiger partial charge in [-0.2, -0.15) is 0 Å². The zero-order chi connectivity index (χ0) is 29.7. The Morgan fingerprint density at radius 3 is 2.12 bits per heavy atom. The van der Waals surface area contributed by atoms with E-state index < -0.39 is 34.1 Å². The number of halogens is 3. The Hall–Kier alpha value is -2.78. The lowest BCUT2D eigenvalue weighted by Gasteiger charge is -2.35. The summed E-state index contributed by atoms with van der Waals surface area (Å²) >= 11 is 19.1. The van der Waals surface area contributed by atoms with Crippen LogP contribution in [0, 0.1) is 0 Å². The first-order valence-electron chi connectivity index (χ1n) is 12.6. The third-order valence-electron chi connectivity index (χ3n) is 5.97. The molecule has 3 rings (SSSR count). The van der Waals surface area contributed by atoms with Crippen LogP contribution >= 0.6 is 34.8 Å². The molecule has 0 saturated carbocycles. The summed E-state index contributed by atoms with van der Waals surface area (Å²) in [6, 6.07) is 18.2. The first-order chi connectivity index (χ1) is 18.7. The molecule has 0 radical (unpaired) electrons. The monoisotopic (exact) mass is 623 g/mol. The highest BCUT2D eigenvalue weighted by Crippen LogP contribution is 2.33. The normalized spacial score (nSPS) is 12.5. The average molecular weight is 625 g/mol.